The molecule has 2 aliphatic rings. The van der Waals surface area contributed by atoms with Crippen molar-refractivity contribution in [2.45, 2.75) is 51.1 Å². The highest BCUT2D eigenvalue weighted by atomic mass is 35.7. The van der Waals surface area contributed by atoms with Crippen LogP contribution in [0.3, 0.4) is 0 Å². The van der Waals surface area contributed by atoms with E-state index < -0.39 is 10.2 Å². The Bertz CT molecular complexity index is 514. The van der Waals surface area contributed by atoms with E-state index in [4.69, 9.17) is 18.6 Å². The van der Waals surface area contributed by atoms with Crippen molar-refractivity contribution in [3.63, 3.8) is 0 Å². The van der Waals surface area contributed by atoms with Gasteiger partial charge < -0.3 is 0 Å². The van der Waals surface area contributed by atoms with E-state index in [9.17, 15) is 0 Å². The first-order chi connectivity index (χ1) is 11.7. The molecule has 142 valence electrons. The topological polar surface area (TPSA) is 95.9 Å². The van der Waals surface area contributed by atoms with Crippen molar-refractivity contribution in [3.8, 4) is 0 Å². The normalized spacial score (nSPS) is 29.3. The molecule has 0 radical (unpaired) electrons. The molecule has 3 atom stereocenters. The number of hydrogen-bond donors (Lipinski definition) is 1. The summed E-state index contributed by atoms with van der Waals surface area (Å²) < 4.78 is 32.7. The van der Waals surface area contributed by atoms with E-state index in [1.165, 1.54) is 37.7 Å². The Morgan fingerprint density at radius 1 is 0.960 bits per heavy atom. The average molecular weight is 373 g/mol. The maximum absolute atomic E-state index is 8.60. The molecule has 0 spiro atoms. The van der Waals surface area contributed by atoms with Gasteiger partial charge >= 0.3 is 0 Å². The fraction of sp³-hybridized carbons (Fsp3) is 0.667. The lowest BCUT2D eigenvalue weighted by atomic mass is 9.77. The second-order valence-electron chi connectivity index (χ2n) is 7.15. The van der Waals surface area contributed by atoms with Crippen LogP contribution in [0.1, 0.15) is 50.6 Å². The zero-order valence-corrected chi connectivity index (χ0v) is 15.9. The van der Waals surface area contributed by atoms with Gasteiger partial charge in [0.2, 0.25) is 0 Å². The van der Waals surface area contributed by atoms with Gasteiger partial charge in [0, 0.05) is 20.1 Å². The minimum absolute atomic E-state index is 0.535. The number of rotatable bonds is 2. The smallest absolute Gasteiger partial charge is 0.0777 e. The molecule has 1 saturated heterocycles. The third-order valence-electron chi connectivity index (χ3n) is 5.64. The molecule has 1 aromatic rings. The van der Waals surface area contributed by atoms with Crippen LogP contribution >= 0.6 is 0 Å². The number of halogens is 1. The highest BCUT2D eigenvalue weighted by Gasteiger charge is 2.45. The highest BCUT2D eigenvalue weighted by molar-refractivity contribution is 5.21. The van der Waals surface area contributed by atoms with Gasteiger partial charge in [0.25, 0.3) is 0 Å². The van der Waals surface area contributed by atoms with E-state index in [1.54, 1.807) is 0 Å². The first kappa shape index (κ1) is 20.6. The largest absolute Gasteiger partial charge is 0.241 e. The minimum Gasteiger partial charge on any atom is -0.241 e. The number of hydrazine groups is 1. The number of hydrogen-bond acceptors (Lipinski definition) is 6. The lowest BCUT2D eigenvalue weighted by molar-refractivity contribution is -1.92. The molecule has 0 bridgehead atoms. The van der Waals surface area contributed by atoms with Gasteiger partial charge in [0.15, 0.2) is 0 Å². The van der Waals surface area contributed by atoms with E-state index >= 15 is 0 Å². The van der Waals surface area contributed by atoms with Crippen LogP contribution in [-0.2, 0) is 0 Å². The number of benzene rings is 1. The summed E-state index contributed by atoms with van der Waals surface area (Å²) >= 11 is 0. The summed E-state index contributed by atoms with van der Waals surface area (Å²) in [4.78, 5) is 0. The summed E-state index contributed by atoms with van der Waals surface area (Å²) in [6.07, 6.45) is 7.16. The fourth-order valence-electron chi connectivity index (χ4n) is 4.65. The van der Waals surface area contributed by atoms with E-state index in [0.29, 0.717) is 18.0 Å². The van der Waals surface area contributed by atoms with Crippen molar-refractivity contribution >= 4 is 0 Å². The Balaban J connectivity index is 0.000000399. The van der Waals surface area contributed by atoms with Gasteiger partial charge in [0.1, 0.15) is 0 Å². The highest BCUT2D eigenvalue weighted by Crippen LogP contribution is 2.44. The van der Waals surface area contributed by atoms with Crippen molar-refractivity contribution in [1.82, 2.24) is 10.0 Å². The molecule has 3 rings (SSSR count). The molecule has 6 nitrogen and oxygen atoms in total. The molecule has 1 aliphatic carbocycles. The Hall–Kier alpha value is -0.730. The van der Waals surface area contributed by atoms with Crippen molar-refractivity contribution in [3.05, 3.63) is 35.9 Å². The van der Waals surface area contributed by atoms with Crippen LogP contribution in [-0.4, -0.2) is 34.8 Å². The van der Waals surface area contributed by atoms with Crippen molar-refractivity contribution < 1.29 is 28.9 Å². The third-order valence-corrected chi connectivity index (χ3v) is 5.64. The van der Waals surface area contributed by atoms with Gasteiger partial charge in [0.05, 0.1) is 20.9 Å². The van der Waals surface area contributed by atoms with Crippen LogP contribution in [0.5, 0.6) is 0 Å². The van der Waals surface area contributed by atoms with E-state index in [0.717, 1.165) is 5.92 Å². The maximum atomic E-state index is 8.60. The Labute approximate surface area is 152 Å². The molecular formula is C18H29ClN2O4. The van der Waals surface area contributed by atoms with Crippen LogP contribution < -0.4 is 14.0 Å². The Morgan fingerprint density at radius 3 is 2.00 bits per heavy atom. The zero-order chi connectivity index (χ0) is 18.6. The lowest BCUT2D eigenvalue weighted by Gasteiger charge is -2.35. The lowest BCUT2D eigenvalue weighted by Crippen LogP contribution is -2.58. The summed E-state index contributed by atoms with van der Waals surface area (Å²) in [5.74, 6) is 1.59. The van der Waals surface area contributed by atoms with Gasteiger partial charge in [-0.2, -0.15) is 14.0 Å². The van der Waals surface area contributed by atoms with Crippen LogP contribution in [0.15, 0.2) is 30.3 Å². The first-order valence-electron chi connectivity index (χ1n) is 8.84. The van der Waals surface area contributed by atoms with E-state index in [-0.39, 0.29) is 0 Å². The summed E-state index contributed by atoms with van der Waals surface area (Å²) in [5.41, 5.74) is 1.47. The molecule has 1 N–H and O–H groups in total. The molecule has 25 heavy (non-hydrogen) atoms. The predicted molar refractivity (Wildman–Crippen MR) is 86.5 cm³/mol. The van der Waals surface area contributed by atoms with Crippen molar-refractivity contribution in [2.24, 2.45) is 11.8 Å². The SMILES string of the molecule is CC1C(c2ccccc2)N(C)N(C)C1C1CCCCC1.[O-][Cl+3]([O-])([O-])O. The van der Waals surface area contributed by atoms with Crippen molar-refractivity contribution in [2.75, 3.05) is 14.1 Å². The summed E-state index contributed by atoms with van der Waals surface area (Å²) in [5, 5.41) is 5.00. The minimum atomic E-state index is -4.69. The van der Waals surface area contributed by atoms with E-state index in [2.05, 4.69) is 61.4 Å². The molecule has 0 amide bonds. The number of nitrogens with zero attached hydrogens (tertiary/aromatic N) is 2. The molecule has 1 aliphatic heterocycles. The summed E-state index contributed by atoms with van der Waals surface area (Å²) in [7, 11) is -0.143. The van der Waals surface area contributed by atoms with Gasteiger partial charge in [-0.1, -0.05) is 56.5 Å². The molecule has 2 fully saturated rings. The first-order valence-corrected chi connectivity index (χ1v) is 10.1. The third kappa shape index (κ3) is 5.62. The van der Waals surface area contributed by atoms with Crippen LogP contribution in [0.2, 0.25) is 0 Å². The van der Waals surface area contributed by atoms with Crippen molar-refractivity contribution in [1.29, 1.82) is 0 Å². The standard InChI is InChI=1S/C18H28N2.ClHO4/c1-14-17(15-10-6-4-7-11-15)19(2)20(3)18(14)16-12-8-5-9-13-16;2-1(3,4)5/h4,6-7,10-11,14,16-18H,5,8-9,12-13H2,1-3H3;(H,2,3,4,5). The van der Waals surface area contributed by atoms with Crippen LogP contribution in [0.25, 0.3) is 0 Å². The molecule has 7 heteroatoms. The molecule has 0 aromatic heterocycles. The van der Waals surface area contributed by atoms with Crippen LogP contribution in [0.4, 0.5) is 0 Å². The second-order valence-corrected chi connectivity index (χ2v) is 7.94. The Kier molecular flexibility index (Phi) is 7.22. The summed E-state index contributed by atoms with van der Waals surface area (Å²) in [6.45, 7) is 2.46. The maximum Gasteiger partial charge on any atom is 0.0777 e. The van der Waals surface area contributed by atoms with Gasteiger partial charge in [-0.15, -0.1) is 0 Å². The van der Waals surface area contributed by atoms with Gasteiger partial charge in [-0.3, -0.25) is 0 Å². The Morgan fingerprint density at radius 2 is 1.48 bits per heavy atom. The quantitative estimate of drug-likeness (QED) is 0.783. The second kappa shape index (κ2) is 8.77. The predicted octanol–water partition coefficient (Wildman–Crippen LogP) is -0.0191. The van der Waals surface area contributed by atoms with E-state index in [1.807, 2.05) is 0 Å². The fourth-order valence-corrected chi connectivity index (χ4v) is 4.65. The van der Waals surface area contributed by atoms with Gasteiger partial charge in [-0.25, -0.2) is 10.0 Å². The van der Waals surface area contributed by atoms with Gasteiger partial charge in [-0.05, 0) is 30.2 Å². The molecule has 1 saturated carbocycles. The zero-order valence-electron chi connectivity index (χ0n) is 15.2. The monoisotopic (exact) mass is 372 g/mol. The summed E-state index contributed by atoms with van der Waals surface area (Å²) in [6, 6.07) is 12.3. The molecule has 1 aromatic carbocycles. The molecule has 3 unspecified atom stereocenters. The molecule has 1 heterocycles. The van der Waals surface area contributed by atoms with Crippen LogP contribution in [0, 0.1) is 22.1 Å². The average Bonchev–Trinajstić information content (AvgIpc) is 2.77. The molecular weight excluding hydrogens is 344 g/mol.